The average Bonchev–Trinajstić information content (AvgIpc) is 3.44. The maximum atomic E-state index is 13.7. The molecular weight excluding hydrogens is 555 g/mol. The van der Waals surface area contributed by atoms with Crippen molar-refractivity contribution in [3.8, 4) is 5.75 Å². The van der Waals surface area contributed by atoms with Gasteiger partial charge >= 0.3 is 12.1 Å². The first-order valence-corrected chi connectivity index (χ1v) is 13.9. The third-order valence-corrected chi connectivity index (χ3v) is 7.53. The molecule has 2 N–H and O–H groups in total. The number of anilines is 3. The van der Waals surface area contributed by atoms with Gasteiger partial charge in [0, 0.05) is 26.2 Å². The predicted octanol–water partition coefficient (Wildman–Crippen LogP) is 5.57. The molecule has 224 valence electrons. The molecule has 1 atom stereocenters. The van der Waals surface area contributed by atoms with Gasteiger partial charge in [0.1, 0.15) is 11.6 Å². The van der Waals surface area contributed by atoms with Crippen LogP contribution in [-0.4, -0.2) is 59.7 Å². The molecule has 10 nitrogen and oxygen atoms in total. The molecule has 0 saturated carbocycles. The van der Waals surface area contributed by atoms with E-state index in [0.29, 0.717) is 44.4 Å². The smallest absolute Gasteiger partial charge is 0.437 e. The Hall–Kier alpha value is -4.29. The molecule has 1 aromatic carbocycles. The lowest BCUT2D eigenvalue weighted by Gasteiger charge is -2.32. The number of hydrogen-bond donors (Lipinski definition) is 2. The molecule has 0 aliphatic carbocycles. The lowest BCUT2D eigenvalue weighted by atomic mass is 9.98. The van der Waals surface area contributed by atoms with Crippen molar-refractivity contribution < 1.29 is 37.0 Å². The number of piperidine rings is 2. The van der Waals surface area contributed by atoms with Crippen LogP contribution in [0.15, 0.2) is 47.0 Å². The number of halogens is 3. The van der Waals surface area contributed by atoms with Gasteiger partial charge in [0.2, 0.25) is 5.76 Å². The van der Waals surface area contributed by atoms with E-state index in [0.717, 1.165) is 25.7 Å². The van der Waals surface area contributed by atoms with Gasteiger partial charge in [-0.1, -0.05) is 13.0 Å². The predicted molar refractivity (Wildman–Crippen MR) is 148 cm³/mol. The van der Waals surface area contributed by atoms with Gasteiger partial charge in [0.25, 0.3) is 11.9 Å². The quantitative estimate of drug-likeness (QED) is 0.348. The normalized spacial score (nSPS) is 18.1. The Morgan fingerprint density at radius 3 is 2.57 bits per heavy atom. The molecule has 1 amide bonds. The number of hydrogen-bond acceptors (Lipinski definition) is 8. The number of pyridine rings is 1. The summed E-state index contributed by atoms with van der Waals surface area (Å²) in [7, 11) is 0. The van der Waals surface area contributed by atoms with Crippen LogP contribution in [0.2, 0.25) is 0 Å². The number of benzene rings is 1. The van der Waals surface area contributed by atoms with Gasteiger partial charge in [-0.15, -0.1) is 0 Å². The molecule has 13 heteroatoms. The number of alkyl halides is 3. The highest BCUT2D eigenvalue weighted by atomic mass is 19.4. The first-order valence-electron chi connectivity index (χ1n) is 13.9. The number of oxazole rings is 1. The van der Waals surface area contributed by atoms with Gasteiger partial charge in [-0.25, -0.2) is 9.78 Å². The molecule has 5 rings (SSSR count). The van der Waals surface area contributed by atoms with Crippen molar-refractivity contribution in [2.75, 3.05) is 47.9 Å². The standard InChI is InChI=1S/C29H32F3N5O5/c1-18-4-3-11-37(16-18)28-35-25(29(30,31)32)24(42-28)26(38)34-21-7-8-23(33-15-21)36-12-9-19(10-13-36)17-41-22-6-2-5-20(14-22)27(39)40/h2,5-8,14-15,18-19H,3-4,9-13,16-17H2,1H3,(H,34,38)(H,39,40). The first-order chi connectivity index (χ1) is 20.1. The minimum atomic E-state index is -4.85. The SMILES string of the molecule is CC1CCCN(c2nc(C(F)(F)F)c(C(=O)Nc3ccc(N4CCC(COc5cccc(C(=O)O)c5)CC4)nc3)o2)C1. The van der Waals surface area contributed by atoms with E-state index >= 15 is 0 Å². The third-order valence-electron chi connectivity index (χ3n) is 7.53. The Morgan fingerprint density at radius 2 is 1.90 bits per heavy atom. The van der Waals surface area contributed by atoms with E-state index in [2.05, 4.69) is 20.2 Å². The molecule has 2 aliphatic heterocycles. The molecule has 0 radical (unpaired) electrons. The zero-order valence-corrected chi connectivity index (χ0v) is 23.1. The number of carboxylic acids is 1. The summed E-state index contributed by atoms with van der Waals surface area (Å²) in [6, 6.07) is 9.48. The first kappa shape index (κ1) is 29.2. The second-order valence-corrected chi connectivity index (χ2v) is 10.8. The van der Waals surface area contributed by atoms with Crippen molar-refractivity contribution in [3.63, 3.8) is 0 Å². The van der Waals surface area contributed by atoms with Crippen LogP contribution >= 0.6 is 0 Å². The van der Waals surface area contributed by atoms with E-state index in [1.165, 1.54) is 18.3 Å². The summed E-state index contributed by atoms with van der Waals surface area (Å²) in [4.78, 5) is 35.7. The number of aromatic nitrogens is 2. The Bertz CT molecular complexity index is 1400. The van der Waals surface area contributed by atoms with Crippen LogP contribution < -0.4 is 19.9 Å². The van der Waals surface area contributed by atoms with Crippen molar-refractivity contribution in [1.82, 2.24) is 9.97 Å². The van der Waals surface area contributed by atoms with Gasteiger partial charge in [0.15, 0.2) is 5.69 Å². The van der Waals surface area contributed by atoms with Gasteiger partial charge in [0.05, 0.1) is 24.1 Å². The summed E-state index contributed by atoms with van der Waals surface area (Å²) in [6.45, 7) is 4.93. The second kappa shape index (κ2) is 12.3. The van der Waals surface area contributed by atoms with Crippen molar-refractivity contribution >= 4 is 29.4 Å². The van der Waals surface area contributed by atoms with Crippen LogP contribution in [0.5, 0.6) is 5.75 Å². The lowest BCUT2D eigenvalue weighted by molar-refractivity contribution is -0.141. The van der Waals surface area contributed by atoms with Gasteiger partial charge < -0.3 is 29.4 Å². The van der Waals surface area contributed by atoms with Gasteiger partial charge in [-0.05, 0) is 67.9 Å². The number of carbonyl (C=O) groups excluding carboxylic acids is 1. The third kappa shape index (κ3) is 6.94. The fourth-order valence-electron chi connectivity index (χ4n) is 5.25. The van der Waals surface area contributed by atoms with Crippen molar-refractivity contribution in [2.24, 2.45) is 11.8 Å². The van der Waals surface area contributed by atoms with Crippen LogP contribution in [0.1, 0.15) is 59.2 Å². The highest BCUT2D eigenvalue weighted by molar-refractivity contribution is 6.03. The van der Waals surface area contributed by atoms with Crippen molar-refractivity contribution in [1.29, 1.82) is 0 Å². The maximum Gasteiger partial charge on any atom is 0.437 e. The zero-order chi connectivity index (χ0) is 29.9. The van der Waals surface area contributed by atoms with Crippen LogP contribution in [0.25, 0.3) is 0 Å². The van der Waals surface area contributed by atoms with Crippen LogP contribution in [0.3, 0.4) is 0 Å². The number of carbonyl (C=O) groups is 2. The molecule has 2 fully saturated rings. The van der Waals surface area contributed by atoms with E-state index in [-0.39, 0.29) is 29.1 Å². The van der Waals surface area contributed by atoms with E-state index in [1.54, 1.807) is 29.2 Å². The second-order valence-electron chi connectivity index (χ2n) is 10.8. The van der Waals surface area contributed by atoms with Crippen LogP contribution in [-0.2, 0) is 6.18 Å². The Kier molecular flexibility index (Phi) is 8.55. The number of aromatic carboxylic acids is 1. The highest BCUT2D eigenvalue weighted by Gasteiger charge is 2.42. The minimum absolute atomic E-state index is 0.173. The van der Waals surface area contributed by atoms with E-state index in [9.17, 15) is 22.8 Å². The highest BCUT2D eigenvalue weighted by Crippen LogP contribution is 2.35. The summed E-state index contributed by atoms with van der Waals surface area (Å²) in [5.74, 6) is -1.16. The molecular formula is C29H32F3N5O5. The lowest BCUT2D eigenvalue weighted by Crippen LogP contribution is -2.36. The monoisotopic (exact) mass is 587 g/mol. The molecule has 2 aromatic heterocycles. The molecule has 4 heterocycles. The fourth-order valence-corrected chi connectivity index (χ4v) is 5.25. The van der Waals surface area contributed by atoms with E-state index < -0.39 is 29.5 Å². The largest absolute Gasteiger partial charge is 0.493 e. The molecule has 42 heavy (non-hydrogen) atoms. The molecule has 2 aliphatic rings. The fraction of sp³-hybridized carbons (Fsp3) is 0.448. The van der Waals surface area contributed by atoms with Crippen LogP contribution in [0.4, 0.5) is 30.7 Å². The topological polar surface area (TPSA) is 121 Å². The minimum Gasteiger partial charge on any atom is -0.493 e. The van der Waals surface area contributed by atoms with E-state index in [1.807, 2.05) is 6.92 Å². The number of nitrogens with one attached hydrogen (secondary N) is 1. The number of ether oxygens (including phenoxy) is 1. The Balaban J connectivity index is 1.16. The van der Waals surface area contributed by atoms with Crippen LogP contribution in [0, 0.1) is 11.8 Å². The number of amides is 1. The molecule has 1 unspecified atom stereocenters. The summed E-state index contributed by atoms with van der Waals surface area (Å²) in [6.07, 6.45) is -0.00618. The van der Waals surface area contributed by atoms with E-state index in [4.69, 9.17) is 14.3 Å². The summed E-state index contributed by atoms with van der Waals surface area (Å²) in [5.41, 5.74) is -0.945. The number of rotatable bonds is 8. The van der Waals surface area contributed by atoms with Gasteiger partial charge in [-0.2, -0.15) is 18.2 Å². The summed E-state index contributed by atoms with van der Waals surface area (Å²) in [5, 5.41) is 11.6. The summed E-state index contributed by atoms with van der Waals surface area (Å²) >= 11 is 0. The molecule has 0 spiro atoms. The Morgan fingerprint density at radius 1 is 1.12 bits per heavy atom. The molecule has 3 aromatic rings. The molecule has 0 bridgehead atoms. The molecule has 2 saturated heterocycles. The van der Waals surface area contributed by atoms with Gasteiger partial charge in [-0.3, -0.25) is 4.79 Å². The van der Waals surface area contributed by atoms with Crippen molar-refractivity contribution in [3.05, 3.63) is 59.6 Å². The average molecular weight is 588 g/mol. The number of carboxylic acid groups (broad SMARTS) is 1. The Labute approximate surface area is 240 Å². The van der Waals surface area contributed by atoms with Crippen molar-refractivity contribution in [2.45, 2.75) is 38.8 Å². The maximum absolute atomic E-state index is 13.7. The summed E-state index contributed by atoms with van der Waals surface area (Å²) < 4.78 is 52.3. The zero-order valence-electron chi connectivity index (χ0n) is 23.1. The number of nitrogens with zero attached hydrogens (tertiary/aromatic N) is 4.